The van der Waals surface area contributed by atoms with Gasteiger partial charge in [-0.25, -0.2) is 13.1 Å². The van der Waals surface area contributed by atoms with E-state index in [2.05, 4.69) is 15.9 Å². The number of carbonyl (C=O) groups is 1. The van der Waals surface area contributed by atoms with Crippen LogP contribution in [0.25, 0.3) is 10.8 Å². The van der Waals surface area contributed by atoms with Crippen LogP contribution in [0.1, 0.15) is 5.56 Å². The van der Waals surface area contributed by atoms with Gasteiger partial charge in [-0.15, -0.1) is 0 Å². The summed E-state index contributed by atoms with van der Waals surface area (Å²) in [5.74, 6) is -0.245. The van der Waals surface area contributed by atoms with Crippen molar-refractivity contribution in [1.29, 1.82) is 0 Å². The quantitative estimate of drug-likeness (QED) is 0.663. The van der Waals surface area contributed by atoms with Gasteiger partial charge in [-0.05, 0) is 53.6 Å². The van der Waals surface area contributed by atoms with Gasteiger partial charge in [0.25, 0.3) is 15.9 Å². The van der Waals surface area contributed by atoms with Crippen LogP contribution in [0.4, 0.5) is 0 Å². The second kappa shape index (κ2) is 7.47. The zero-order valence-corrected chi connectivity index (χ0v) is 16.3. The molecule has 0 saturated carbocycles. The predicted molar refractivity (Wildman–Crippen MR) is 104 cm³/mol. The third-order valence-corrected chi connectivity index (χ3v) is 5.48. The summed E-state index contributed by atoms with van der Waals surface area (Å²) in [7, 11) is -3.95. The van der Waals surface area contributed by atoms with E-state index in [1.807, 2.05) is 35.1 Å². The minimum Gasteiger partial charge on any atom is -0.484 e. The molecular weight excluding hydrogens is 418 g/mol. The third-order valence-electron chi connectivity index (χ3n) is 3.66. The summed E-state index contributed by atoms with van der Waals surface area (Å²) in [6.07, 6.45) is 0. The maximum atomic E-state index is 12.3. The van der Waals surface area contributed by atoms with E-state index in [9.17, 15) is 13.2 Å². The molecule has 0 unspecified atom stereocenters. The van der Waals surface area contributed by atoms with Gasteiger partial charge in [-0.1, -0.05) is 46.3 Å². The molecule has 0 aliphatic rings. The molecule has 26 heavy (non-hydrogen) atoms. The molecule has 1 N–H and O–H groups in total. The number of amides is 1. The minimum atomic E-state index is -3.95. The first-order chi connectivity index (χ1) is 12.3. The Balaban J connectivity index is 1.67. The van der Waals surface area contributed by atoms with Gasteiger partial charge in [-0.3, -0.25) is 4.79 Å². The molecule has 3 rings (SSSR count). The van der Waals surface area contributed by atoms with E-state index in [0.29, 0.717) is 10.2 Å². The fraction of sp³-hybridized carbons (Fsp3) is 0.105. The Hall–Kier alpha value is -2.38. The van der Waals surface area contributed by atoms with E-state index in [1.54, 1.807) is 25.1 Å². The number of carbonyl (C=O) groups excluding carboxylic acids is 1. The Morgan fingerprint density at radius 2 is 1.77 bits per heavy atom. The number of aryl methyl sites for hydroxylation is 1. The van der Waals surface area contributed by atoms with Gasteiger partial charge in [0, 0.05) is 4.47 Å². The number of ether oxygens (including phenoxy) is 1. The lowest BCUT2D eigenvalue weighted by Crippen LogP contribution is -2.34. The minimum absolute atomic E-state index is 0.0171. The van der Waals surface area contributed by atoms with Crippen LogP contribution in [0.2, 0.25) is 0 Å². The highest BCUT2D eigenvalue weighted by Crippen LogP contribution is 2.21. The topological polar surface area (TPSA) is 72.5 Å². The van der Waals surface area contributed by atoms with Crippen molar-refractivity contribution in [2.75, 3.05) is 6.61 Å². The number of fused-ring (bicyclic) bond motifs is 1. The normalized spacial score (nSPS) is 11.3. The average Bonchev–Trinajstić information content (AvgIpc) is 2.58. The third kappa shape index (κ3) is 4.42. The number of hydrogen-bond acceptors (Lipinski definition) is 4. The van der Waals surface area contributed by atoms with Crippen molar-refractivity contribution >= 4 is 42.6 Å². The summed E-state index contributed by atoms with van der Waals surface area (Å²) >= 11 is 3.25. The summed E-state index contributed by atoms with van der Waals surface area (Å²) in [4.78, 5) is 12.0. The molecule has 0 aliphatic carbocycles. The second-order valence-electron chi connectivity index (χ2n) is 5.79. The van der Waals surface area contributed by atoms with Crippen LogP contribution >= 0.6 is 15.9 Å². The molecule has 1 amide bonds. The van der Waals surface area contributed by atoms with Crippen LogP contribution in [0.5, 0.6) is 5.75 Å². The smallest absolute Gasteiger partial charge is 0.271 e. The number of rotatable bonds is 5. The molecule has 0 atom stereocenters. The Labute approximate surface area is 160 Å². The van der Waals surface area contributed by atoms with Crippen molar-refractivity contribution < 1.29 is 17.9 Å². The summed E-state index contributed by atoms with van der Waals surface area (Å²) in [5.41, 5.74) is 0.764. The molecule has 0 heterocycles. The lowest BCUT2D eigenvalue weighted by Gasteiger charge is -2.10. The van der Waals surface area contributed by atoms with Gasteiger partial charge in [0.2, 0.25) is 0 Å². The van der Waals surface area contributed by atoms with Crippen molar-refractivity contribution in [3.8, 4) is 5.75 Å². The predicted octanol–water partition coefficient (Wildman–Crippen LogP) is 3.79. The molecule has 3 aromatic rings. The number of nitrogens with one attached hydrogen (secondary N) is 1. The van der Waals surface area contributed by atoms with Crippen LogP contribution in [0, 0.1) is 6.92 Å². The van der Waals surface area contributed by atoms with Crippen molar-refractivity contribution in [3.63, 3.8) is 0 Å². The second-order valence-corrected chi connectivity index (χ2v) is 8.39. The van der Waals surface area contributed by atoms with Crippen molar-refractivity contribution in [3.05, 3.63) is 70.7 Å². The SMILES string of the molecule is Cc1cc(Br)cc(S(=O)(=O)NC(=O)COc2ccc3ccccc3c2)c1. The van der Waals surface area contributed by atoms with Gasteiger partial charge in [0.15, 0.2) is 6.61 Å². The van der Waals surface area contributed by atoms with Gasteiger partial charge in [0.05, 0.1) is 4.90 Å². The zero-order valence-electron chi connectivity index (χ0n) is 13.9. The van der Waals surface area contributed by atoms with Crippen LogP contribution in [-0.4, -0.2) is 20.9 Å². The van der Waals surface area contributed by atoms with Gasteiger partial charge in [0.1, 0.15) is 5.75 Å². The molecule has 0 saturated heterocycles. The fourth-order valence-electron chi connectivity index (χ4n) is 2.50. The molecule has 0 fully saturated rings. The Bertz CT molecular complexity index is 1060. The first kappa shape index (κ1) is 18.4. The first-order valence-electron chi connectivity index (χ1n) is 7.78. The monoisotopic (exact) mass is 433 g/mol. The van der Waals surface area contributed by atoms with E-state index in [0.717, 1.165) is 16.3 Å². The van der Waals surface area contributed by atoms with Crippen molar-refractivity contribution in [2.24, 2.45) is 0 Å². The first-order valence-corrected chi connectivity index (χ1v) is 10.1. The Morgan fingerprint density at radius 3 is 2.50 bits per heavy atom. The van der Waals surface area contributed by atoms with E-state index in [4.69, 9.17) is 4.74 Å². The maximum Gasteiger partial charge on any atom is 0.271 e. The summed E-state index contributed by atoms with van der Waals surface area (Å²) < 4.78 is 32.7. The molecule has 134 valence electrons. The summed E-state index contributed by atoms with van der Waals surface area (Å²) in [5, 5.41) is 2.03. The van der Waals surface area contributed by atoms with Gasteiger partial charge < -0.3 is 4.74 Å². The zero-order chi connectivity index (χ0) is 18.7. The maximum absolute atomic E-state index is 12.3. The molecule has 0 radical (unpaired) electrons. The highest BCUT2D eigenvalue weighted by molar-refractivity contribution is 9.10. The van der Waals surface area contributed by atoms with Crippen LogP contribution in [0.3, 0.4) is 0 Å². The molecule has 0 aromatic heterocycles. The lowest BCUT2D eigenvalue weighted by atomic mass is 10.1. The van der Waals surface area contributed by atoms with E-state index < -0.39 is 22.5 Å². The van der Waals surface area contributed by atoms with Gasteiger partial charge in [-0.2, -0.15) is 0 Å². The number of benzene rings is 3. The lowest BCUT2D eigenvalue weighted by molar-refractivity contribution is -0.121. The number of sulfonamides is 1. The number of hydrogen-bond donors (Lipinski definition) is 1. The molecule has 0 bridgehead atoms. The number of halogens is 1. The highest BCUT2D eigenvalue weighted by atomic mass is 79.9. The summed E-state index contributed by atoms with van der Waals surface area (Å²) in [6.45, 7) is 1.37. The standard InChI is InChI=1S/C19H16BrNO4S/c1-13-8-16(20)11-18(9-13)26(23,24)21-19(22)12-25-17-7-6-14-4-2-3-5-15(14)10-17/h2-11H,12H2,1H3,(H,21,22). The highest BCUT2D eigenvalue weighted by Gasteiger charge is 2.18. The van der Waals surface area contributed by atoms with Crippen molar-refractivity contribution in [2.45, 2.75) is 11.8 Å². The fourth-order valence-corrected chi connectivity index (χ4v) is 4.36. The average molecular weight is 434 g/mol. The van der Waals surface area contributed by atoms with E-state index in [-0.39, 0.29) is 4.90 Å². The van der Waals surface area contributed by atoms with Crippen molar-refractivity contribution in [1.82, 2.24) is 4.72 Å². The van der Waals surface area contributed by atoms with Crippen LogP contribution < -0.4 is 9.46 Å². The van der Waals surface area contributed by atoms with Gasteiger partial charge >= 0.3 is 0 Å². The van der Waals surface area contributed by atoms with E-state index >= 15 is 0 Å². The van der Waals surface area contributed by atoms with E-state index in [1.165, 1.54) is 12.1 Å². The van der Waals surface area contributed by atoms with Crippen LogP contribution in [0.15, 0.2) is 70.0 Å². The molecule has 7 heteroatoms. The Kier molecular flexibility index (Phi) is 5.29. The molecule has 3 aromatic carbocycles. The molecule has 5 nitrogen and oxygen atoms in total. The summed E-state index contributed by atoms with van der Waals surface area (Å²) in [6, 6.07) is 17.9. The largest absolute Gasteiger partial charge is 0.484 e. The van der Waals surface area contributed by atoms with Crippen LogP contribution in [-0.2, 0) is 14.8 Å². The molecular formula is C19H16BrNO4S. The molecule has 0 spiro atoms. The Morgan fingerprint density at radius 1 is 1.04 bits per heavy atom. The molecule has 0 aliphatic heterocycles.